The Balaban J connectivity index is 2.60. The van der Waals surface area contributed by atoms with Gasteiger partial charge in [0.1, 0.15) is 5.69 Å². The molecule has 8 heteroatoms. The standard InChI is InChI=1S/C10H12F3N3O2/c1-6(4-8(17)18)5-15-9-14-3-2-7(16-9)10(11,12)13/h2-3,6H,4-5H2,1H3,(H,17,18)(H,14,15,16). The zero-order valence-corrected chi connectivity index (χ0v) is 9.53. The maximum atomic E-state index is 12.3. The number of halogens is 3. The van der Waals surface area contributed by atoms with Crippen molar-refractivity contribution in [1.29, 1.82) is 0 Å². The molecule has 18 heavy (non-hydrogen) atoms. The predicted molar refractivity (Wildman–Crippen MR) is 56.9 cm³/mol. The first-order valence-corrected chi connectivity index (χ1v) is 5.15. The fourth-order valence-electron chi connectivity index (χ4n) is 1.24. The van der Waals surface area contributed by atoms with Crippen molar-refractivity contribution in [3.05, 3.63) is 18.0 Å². The zero-order valence-electron chi connectivity index (χ0n) is 9.53. The Kier molecular flexibility index (Phi) is 4.46. The predicted octanol–water partition coefficient (Wildman–Crippen LogP) is 2.02. The maximum absolute atomic E-state index is 12.3. The van der Waals surface area contributed by atoms with Crippen LogP contribution in [0.2, 0.25) is 0 Å². The lowest BCUT2D eigenvalue weighted by atomic mass is 10.1. The number of anilines is 1. The van der Waals surface area contributed by atoms with E-state index in [0.717, 1.165) is 12.3 Å². The van der Waals surface area contributed by atoms with E-state index in [1.54, 1.807) is 6.92 Å². The van der Waals surface area contributed by atoms with Crippen LogP contribution in [-0.2, 0) is 11.0 Å². The number of aromatic nitrogens is 2. The summed E-state index contributed by atoms with van der Waals surface area (Å²) in [4.78, 5) is 17.3. The highest BCUT2D eigenvalue weighted by Crippen LogP contribution is 2.27. The van der Waals surface area contributed by atoms with E-state index in [0.29, 0.717) is 0 Å². The smallest absolute Gasteiger partial charge is 0.433 e. The van der Waals surface area contributed by atoms with Crippen molar-refractivity contribution >= 4 is 11.9 Å². The highest BCUT2D eigenvalue weighted by Gasteiger charge is 2.32. The minimum absolute atomic E-state index is 0.0774. The average molecular weight is 263 g/mol. The first-order chi connectivity index (χ1) is 8.29. The van der Waals surface area contributed by atoms with E-state index < -0.39 is 17.8 Å². The summed E-state index contributed by atoms with van der Waals surface area (Å²) in [5.41, 5.74) is -1.04. The number of hydrogen-bond acceptors (Lipinski definition) is 4. The van der Waals surface area contributed by atoms with Gasteiger partial charge in [-0.05, 0) is 12.0 Å². The minimum atomic E-state index is -4.52. The lowest BCUT2D eigenvalue weighted by Gasteiger charge is -2.11. The van der Waals surface area contributed by atoms with Gasteiger partial charge < -0.3 is 10.4 Å². The topological polar surface area (TPSA) is 75.1 Å². The molecule has 5 nitrogen and oxygen atoms in total. The highest BCUT2D eigenvalue weighted by atomic mass is 19.4. The van der Waals surface area contributed by atoms with Gasteiger partial charge in [-0.3, -0.25) is 4.79 Å². The molecule has 1 aromatic heterocycles. The number of alkyl halides is 3. The number of rotatable bonds is 5. The van der Waals surface area contributed by atoms with Crippen molar-refractivity contribution < 1.29 is 23.1 Å². The van der Waals surface area contributed by atoms with Crippen molar-refractivity contribution in [2.45, 2.75) is 19.5 Å². The van der Waals surface area contributed by atoms with Gasteiger partial charge in [0.05, 0.1) is 0 Å². The molecule has 0 aliphatic rings. The normalized spacial score (nSPS) is 13.1. The lowest BCUT2D eigenvalue weighted by Crippen LogP contribution is -2.17. The third-order valence-corrected chi connectivity index (χ3v) is 2.08. The lowest BCUT2D eigenvalue weighted by molar-refractivity contribution is -0.141. The molecular formula is C10H12F3N3O2. The minimum Gasteiger partial charge on any atom is -0.481 e. The molecule has 1 heterocycles. The van der Waals surface area contributed by atoms with Gasteiger partial charge in [-0.1, -0.05) is 6.92 Å². The summed E-state index contributed by atoms with van der Waals surface area (Å²) in [5, 5.41) is 11.1. The number of hydrogen-bond donors (Lipinski definition) is 2. The maximum Gasteiger partial charge on any atom is 0.433 e. The molecule has 1 atom stereocenters. The van der Waals surface area contributed by atoms with Crippen LogP contribution in [0, 0.1) is 5.92 Å². The summed E-state index contributed by atoms with van der Waals surface area (Å²) in [7, 11) is 0. The highest BCUT2D eigenvalue weighted by molar-refractivity contribution is 5.67. The monoisotopic (exact) mass is 263 g/mol. The first kappa shape index (κ1) is 14.2. The van der Waals surface area contributed by atoms with Crippen molar-refractivity contribution in [2.75, 3.05) is 11.9 Å². The van der Waals surface area contributed by atoms with Gasteiger partial charge in [-0.25, -0.2) is 9.97 Å². The molecule has 1 rings (SSSR count). The van der Waals surface area contributed by atoms with E-state index in [4.69, 9.17) is 5.11 Å². The van der Waals surface area contributed by atoms with Gasteiger partial charge in [0.2, 0.25) is 5.95 Å². The van der Waals surface area contributed by atoms with Crippen molar-refractivity contribution in [2.24, 2.45) is 5.92 Å². The van der Waals surface area contributed by atoms with E-state index in [2.05, 4.69) is 15.3 Å². The van der Waals surface area contributed by atoms with Crippen LogP contribution in [0.15, 0.2) is 12.3 Å². The van der Waals surface area contributed by atoms with Gasteiger partial charge in [-0.15, -0.1) is 0 Å². The van der Waals surface area contributed by atoms with Crippen molar-refractivity contribution in [3.8, 4) is 0 Å². The molecule has 0 saturated heterocycles. The van der Waals surface area contributed by atoms with Crippen LogP contribution in [-0.4, -0.2) is 27.6 Å². The van der Waals surface area contributed by atoms with Crippen LogP contribution < -0.4 is 5.32 Å². The Labute approximate surface area is 101 Å². The zero-order chi connectivity index (χ0) is 13.8. The molecule has 100 valence electrons. The van der Waals surface area contributed by atoms with Crippen molar-refractivity contribution in [1.82, 2.24) is 9.97 Å². The van der Waals surface area contributed by atoms with Crippen LogP contribution in [0.1, 0.15) is 19.0 Å². The molecule has 0 saturated carbocycles. The van der Waals surface area contributed by atoms with E-state index in [-0.39, 0.29) is 24.8 Å². The second-order valence-electron chi connectivity index (χ2n) is 3.85. The van der Waals surface area contributed by atoms with Crippen LogP contribution in [0.3, 0.4) is 0 Å². The molecule has 0 bridgehead atoms. The molecule has 0 aliphatic carbocycles. The summed E-state index contributed by atoms with van der Waals surface area (Å²) >= 11 is 0. The Hall–Kier alpha value is -1.86. The molecule has 0 radical (unpaired) electrons. The van der Waals surface area contributed by atoms with E-state index in [9.17, 15) is 18.0 Å². The number of carboxylic acids is 1. The molecule has 0 amide bonds. The van der Waals surface area contributed by atoms with Gasteiger partial charge >= 0.3 is 12.1 Å². The summed E-state index contributed by atoms with van der Waals surface area (Å²) in [6, 6.07) is 0.770. The van der Waals surface area contributed by atoms with Crippen LogP contribution >= 0.6 is 0 Å². The van der Waals surface area contributed by atoms with Gasteiger partial charge in [0.15, 0.2) is 0 Å². The number of nitrogens with one attached hydrogen (secondary N) is 1. The molecular weight excluding hydrogens is 251 g/mol. The first-order valence-electron chi connectivity index (χ1n) is 5.15. The van der Waals surface area contributed by atoms with E-state index in [1.165, 1.54) is 0 Å². The molecule has 1 unspecified atom stereocenters. The Bertz CT molecular complexity index is 423. The molecule has 1 aromatic rings. The van der Waals surface area contributed by atoms with Crippen LogP contribution in [0.5, 0.6) is 0 Å². The molecule has 0 aliphatic heterocycles. The largest absolute Gasteiger partial charge is 0.481 e. The van der Waals surface area contributed by atoms with Crippen LogP contribution in [0.4, 0.5) is 19.1 Å². The van der Waals surface area contributed by atoms with Gasteiger partial charge in [0, 0.05) is 19.2 Å². The number of nitrogens with zero attached hydrogens (tertiary/aromatic N) is 2. The Morgan fingerprint density at radius 3 is 2.78 bits per heavy atom. The summed E-state index contributed by atoms with van der Waals surface area (Å²) in [6.45, 7) is 1.85. The molecule has 0 spiro atoms. The third kappa shape index (κ3) is 4.56. The molecule has 2 N–H and O–H groups in total. The summed E-state index contributed by atoms with van der Waals surface area (Å²) < 4.78 is 37.0. The second-order valence-corrected chi connectivity index (χ2v) is 3.85. The van der Waals surface area contributed by atoms with Crippen molar-refractivity contribution in [3.63, 3.8) is 0 Å². The SMILES string of the molecule is CC(CNc1nccc(C(F)(F)F)n1)CC(=O)O. The second kappa shape index (κ2) is 5.65. The fourth-order valence-corrected chi connectivity index (χ4v) is 1.24. The number of carbonyl (C=O) groups is 1. The van der Waals surface area contributed by atoms with Crippen LogP contribution in [0.25, 0.3) is 0 Å². The molecule has 0 aromatic carbocycles. The average Bonchev–Trinajstić information content (AvgIpc) is 2.25. The summed E-state index contributed by atoms with van der Waals surface area (Å²) in [6.07, 6.45) is -3.60. The van der Waals surface area contributed by atoms with Gasteiger partial charge in [0.25, 0.3) is 0 Å². The van der Waals surface area contributed by atoms with E-state index in [1.807, 2.05) is 0 Å². The quantitative estimate of drug-likeness (QED) is 0.850. The number of carboxylic acid groups (broad SMARTS) is 1. The fraction of sp³-hybridized carbons (Fsp3) is 0.500. The summed E-state index contributed by atoms with van der Waals surface area (Å²) in [5.74, 6) is -1.36. The Morgan fingerprint density at radius 1 is 1.56 bits per heavy atom. The Morgan fingerprint density at radius 2 is 2.22 bits per heavy atom. The molecule has 0 fully saturated rings. The van der Waals surface area contributed by atoms with E-state index >= 15 is 0 Å². The van der Waals surface area contributed by atoms with Gasteiger partial charge in [-0.2, -0.15) is 13.2 Å². The number of aliphatic carboxylic acids is 1. The third-order valence-electron chi connectivity index (χ3n) is 2.08.